The summed E-state index contributed by atoms with van der Waals surface area (Å²) < 4.78 is 5.52. The molecule has 3 rings (SSSR count). The Balaban J connectivity index is 1.84. The van der Waals surface area contributed by atoms with Crippen LogP contribution in [0, 0.1) is 0 Å². The van der Waals surface area contributed by atoms with Gasteiger partial charge in [-0.3, -0.25) is 4.79 Å². The van der Waals surface area contributed by atoms with Crippen LogP contribution in [0.3, 0.4) is 0 Å². The third kappa shape index (κ3) is 2.30. The first-order chi connectivity index (χ1) is 9.60. The number of carboxylic acids is 1. The van der Waals surface area contributed by atoms with Gasteiger partial charge in [0.2, 0.25) is 0 Å². The van der Waals surface area contributed by atoms with E-state index in [2.05, 4.69) is 16.8 Å². The molecule has 7 heteroatoms. The lowest BCUT2D eigenvalue weighted by Crippen LogP contribution is -2.49. The third-order valence-electron chi connectivity index (χ3n) is 3.96. The Kier molecular flexibility index (Phi) is 3.66. The van der Waals surface area contributed by atoms with Gasteiger partial charge in [0.15, 0.2) is 5.13 Å². The maximum Gasteiger partial charge on any atom is 0.312 e. The van der Waals surface area contributed by atoms with Crippen LogP contribution in [0.15, 0.2) is 0 Å². The molecule has 0 bridgehead atoms. The number of aliphatic hydroxyl groups is 1. The van der Waals surface area contributed by atoms with Gasteiger partial charge in [-0.25, -0.2) is 4.98 Å². The van der Waals surface area contributed by atoms with E-state index in [1.165, 1.54) is 0 Å². The summed E-state index contributed by atoms with van der Waals surface area (Å²) in [5, 5.41) is 19.3. The van der Waals surface area contributed by atoms with Crippen LogP contribution in [-0.2, 0) is 16.0 Å². The largest absolute Gasteiger partial charge is 0.481 e. The first-order valence-electron chi connectivity index (χ1n) is 6.81. The Bertz CT molecular complexity index is 518. The molecule has 1 saturated heterocycles. The number of fused-ring (bicyclic) bond motifs is 1. The Morgan fingerprint density at radius 1 is 1.60 bits per heavy atom. The van der Waals surface area contributed by atoms with E-state index in [0.29, 0.717) is 19.6 Å². The van der Waals surface area contributed by atoms with E-state index in [9.17, 15) is 15.0 Å². The van der Waals surface area contributed by atoms with Gasteiger partial charge in [0.1, 0.15) is 5.92 Å². The first kappa shape index (κ1) is 13.8. The van der Waals surface area contributed by atoms with Crippen molar-refractivity contribution in [3.05, 3.63) is 10.6 Å². The number of hydrogen-bond acceptors (Lipinski definition) is 6. The topological polar surface area (TPSA) is 82.9 Å². The molecular weight excluding hydrogens is 280 g/mol. The van der Waals surface area contributed by atoms with E-state index in [1.54, 1.807) is 11.3 Å². The number of aromatic nitrogens is 1. The van der Waals surface area contributed by atoms with Crippen LogP contribution in [0.25, 0.3) is 0 Å². The van der Waals surface area contributed by atoms with Gasteiger partial charge in [0.25, 0.3) is 0 Å². The molecule has 1 aliphatic heterocycles. The van der Waals surface area contributed by atoms with Crippen LogP contribution in [0.1, 0.15) is 29.8 Å². The fourth-order valence-corrected chi connectivity index (χ4v) is 4.02. The van der Waals surface area contributed by atoms with Crippen molar-refractivity contribution in [3.8, 4) is 0 Å². The number of anilines is 1. The van der Waals surface area contributed by atoms with Gasteiger partial charge in [-0.15, -0.1) is 11.3 Å². The molecule has 110 valence electrons. The number of nitrogens with zero attached hydrogens (tertiary/aromatic N) is 2. The molecule has 0 radical (unpaired) electrons. The van der Waals surface area contributed by atoms with Gasteiger partial charge < -0.3 is 19.8 Å². The van der Waals surface area contributed by atoms with Crippen molar-refractivity contribution in [1.29, 1.82) is 0 Å². The van der Waals surface area contributed by atoms with Crippen molar-refractivity contribution in [2.45, 2.75) is 37.8 Å². The number of thiazole rings is 1. The highest BCUT2D eigenvalue weighted by atomic mass is 32.1. The molecule has 0 amide bonds. The summed E-state index contributed by atoms with van der Waals surface area (Å²) in [6.07, 6.45) is 1.26. The summed E-state index contributed by atoms with van der Waals surface area (Å²) in [5.74, 6) is -1.25. The molecular formula is C13H18N2O4S. The van der Waals surface area contributed by atoms with Crippen LogP contribution in [0.4, 0.5) is 5.13 Å². The summed E-state index contributed by atoms with van der Waals surface area (Å²) in [6.45, 7) is 3.19. The highest BCUT2D eigenvalue weighted by molar-refractivity contribution is 7.15. The number of morpholine rings is 1. The van der Waals surface area contributed by atoms with Crippen molar-refractivity contribution in [3.63, 3.8) is 0 Å². The normalized spacial score (nSPS) is 29.5. The maximum atomic E-state index is 11.2. The minimum atomic E-state index is -0.788. The molecule has 0 saturated carbocycles. The number of rotatable bonds is 3. The third-order valence-corrected chi connectivity index (χ3v) is 5.13. The second-order valence-electron chi connectivity index (χ2n) is 5.37. The Morgan fingerprint density at radius 2 is 2.40 bits per heavy atom. The Hall–Kier alpha value is -1.18. The van der Waals surface area contributed by atoms with Gasteiger partial charge in [-0.2, -0.15) is 0 Å². The lowest BCUT2D eigenvalue weighted by molar-refractivity contribution is -0.138. The molecule has 2 aliphatic rings. The molecule has 1 aromatic heterocycles. The van der Waals surface area contributed by atoms with Crippen molar-refractivity contribution in [1.82, 2.24) is 4.98 Å². The summed E-state index contributed by atoms with van der Waals surface area (Å²) in [7, 11) is 0. The molecule has 1 aliphatic carbocycles. The van der Waals surface area contributed by atoms with Crippen molar-refractivity contribution < 1.29 is 19.7 Å². The molecule has 1 aromatic rings. The molecule has 3 unspecified atom stereocenters. The SMILES string of the molecule is CC1COC(CO)CN1c1nc2c(s1)CCC2C(=O)O. The van der Waals surface area contributed by atoms with Gasteiger partial charge in [0, 0.05) is 11.4 Å². The Labute approximate surface area is 121 Å². The first-order valence-corrected chi connectivity index (χ1v) is 7.63. The lowest BCUT2D eigenvalue weighted by atomic mass is 10.1. The van der Waals surface area contributed by atoms with E-state index in [0.717, 1.165) is 22.1 Å². The zero-order valence-corrected chi connectivity index (χ0v) is 12.1. The molecule has 1 fully saturated rings. The number of carbonyl (C=O) groups is 1. The van der Waals surface area contributed by atoms with Gasteiger partial charge in [-0.1, -0.05) is 0 Å². The van der Waals surface area contributed by atoms with Gasteiger partial charge in [-0.05, 0) is 19.8 Å². The molecule has 20 heavy (non-hydrogen) atoms. The molecule has 2 N–H and O–H groups in total. The fraction of sp³-hybridized carbons (Fsp3) is 0.692. The van der Waals surface area contributed by atoms with E-state index in [-0.39, 0.29) is 18.8 Å². The number of aliphatic hydroxyl groups excluding tert-OH is 1. The lowest BCUT2D eigenvalue weighted by Gasteiger charge is -2.37. The fourth-order valence-electron chi connectivity index (χ4n) is 2.77. The number of ether oxygens (including phenoxy) is 1. The van der Waals surface area contributed by atoms with Crippen molar-refractivity contribution in [2.75, 3.05) is 24.7 Å². The second kappa shape index (κ2) is 5.31. The summed E-state index contributed by atoms with van der Waals surface area (Å²) in [5.41, 5.74) is 0.733. The number of aliphatic carboxylic acids is 1. The highest BCUT2D eigenvalue weighted by Crippen LogP contribution is 2.40. The Morgan fingerprint density at radius 3 is 3.10 bits per heavy atom. The van der Waals surface area contributed by atoms with Crippen LogP contribution >= 0.6 is 11.3 Å². The zero-order chi connectivity index (χ0) is 14.3. The van der Waals surface area contributed by atoms with E-state index in [1.807, 2.05) is 0 Å². The van der Waals surface area contributed by atoms with Crippen LogP contribution in [0.2, 0.25) is 0 Å². The summed E-state index contributed by atoms with van der Waals surface area (Å²) in [4.78, 5) is 19.0. The zero-order valence-electron chi connectivity index (χ0n) is 11.3. The van der Waals surface area contributed by atoms with E-state index < -0.39 is 11.9 Å². The minimum Gasteiger partial charge on any atom is -0.481 e. The van der Waals surface area contributed by atoms with E-state index >= 15 is 0 Å². The summed E-state index contributed by atoms with van der Waals surface area (Å²) in [6, 6.07) is 0.187. The smallest absolute Gasteiger partial charge is 0.312 e. The van der Waals surface area contributed by atoms with Crippen molar-refractivity contribution >= 4 is 22.4 Å². The minimum absolute atomic E-state index is 0.00788. The highest BCUT2D eigenvalue weighted by Gasteiger charge is 2.35. The molecule has 3 atom stereocenters. The number of carboxylic acid groups (broad SMARTS) is 1. The van der Waals surface area contributed by atoms with Crippen LogP contribution in [-0.4, -0.2) is 53.1 Å². The monoisotopic (exact) mass is 298 g/mol. The number of hydrogen-bond donors (Lipinski definition) is 2. The quantitative estimate of drug-likeness (QED) is 0.860. The standard InChI is InChI=1S/C13H18N2O4S/c1-7-6-19-8(5-16)4-15(7)13-14-11-9(12(17)18)2-3-10(11)20-13/h7-9,16H,2-6H2,1H3,(H,17,18). The second-order valence-corrected chi connectivity index (χ2v) is 6.44. The predicted octanol–water partition coefficient (Wildman–Crippen LogP) is 0.843. The van der Waals surface area contributed by atoms with Crippen LogP contribution < -0.4 is 4.90 Å². The predicted molar refractivity (Wildman–Crippen MR) is 74.4 cm³/mol. The molecule has 0 aromatic carbocycles. The maximum absolute atomic E-state index is 11.2. The van der Waals surface area contributed by atoms with Gasteiger partial charge in [0.05, 0.1) is 31.1 Å². The average molecular weight is 298 g/mol. The average Bonchev–Trinajstić information content (AvgIpc) is 2.98. The van der Waals surface area contributed by atoms with Crippen LogP contribution in [0.5, 0.6) is 0 Å². The number of aryl methyl sites for hydroxylation is 1. The summed E-state index contributed by atoms with van der Waals surface area (Å²) >= 11 is 1.58. The molecule has 2 heterocycles. The van der Waals surface area contributed by atoms with E-state index in [4.69, 9.17) is 4.74 Å². The molecule has 0 spiro atoms. The van der Waals surface area contributed by atoms with Crippen molar-refractivity contribution in [2.24, 2.45) is 0 Å². The van der Waals surface area contributed by atoms with Gasteiger partial charge >= 0.3 is 5.97 Å². The molecule has 6 nitrogen and oxygen atoms in total.